The molecule has 0 bridgehead atoms. The third-order valence-corrected chi connectivity index (χ3v) is 6.04. The number of nitrogens with zero attached hydrogens (tertiary/aromatic N) is 1. The SMILES string of the molecule is CC[C@H](C(=O)OC)[C@H]1C=C[C@H]2[C@@H]1c1ccccc1N2S(C)(=O)=O. The average Bonchev–Trinajstić information content (AvgIpc) is 3.05. The van der Waals surface area contributed by atoms with Gasteiger partial charge < -0.3 is 4.74 Å². The standard InChI is InChI=1S/C17H21NO4S/c1-4-11(17(19)22-2)12-9-10-15-16(12)13-7-5-6-8-14(13)18(15)23(3,20)21/h5-12,15-16H,4H2,1-3H3/t11-,12+,15-,16-/m0/s1. The van der Waals surface area contributed by atoms with Crippen molar-refractivity contribution in [3.63, 3.8) is 0 Å². The quantitative estimate of drug-likeness (QED) is 0.626. The molecule has 1 aromatic carbocycles. The maximum Gasteiger partial charge on any atom is 0.309 e. The fraction of sp³-hybridized carbons (Fsp3) is 0.471. The van der Waals surface area contributed by atoms with E-state index in [1.54, 1.807) is 0 Å². The van der Waals surface area contributed by atoms with E-state index in [4.69, 9.17) is 4.74 Å². The van der Waals surface area contributed by atoms with Crippen molar-refractivity contribution in [2.24, 2.45) is 11.8 Å². The summed E-state index contributed by atoms with van der Waals surface area (Å²) in [5.74, 6) is -0.591. The Morgan fingerprint density at radius 3 is 2.61 bits per heavy atom. The number of methoxy groups -OCH3 is 1. The smallest absolute Gasteiger partial charge is 0.309 e. The van der Waals surface area contributed by atoms with Crippen molar-refractivity contribution in [1.82, 2.24) is 0 Å². The highest BCUT2D eigenvalue weighted by Crippen LogP contribution is 2.52. The van der Waals surface area contributed by atoms with Gasteiger partial charge in [0, 0.05) is 5.92 Å². The van der Waals surface area contributed by atoms with E-state index in [1.165, 1.54) is 17.7 Å². The molecule has 1 aliphatic carbocycles. The summed E-state index contributed by atoms with van der Waals surface area (Å²) in [7, 11) is -1.99. The Balaban J connectivity index is 2.07. The molecule has 0 spiro atoms. The minimum atomic E-state index is -3.39. The van der Waals surface area contributed by atoms with Crippen LogP contribution in [0.1, 0.15) is 24.8 Å². The van der Waals surface area contributed by atoms with Crippen molar-refractivity contribution in [1.29, 1.82) is 0 Å². The molecule has 4 atom stereocenters. The van der Waals surface area contributed by atoms with Crippen LogP contribution in [-0.4, -0.2) is 33.8 Å². The average molecular weight is 335 g/mol. The first kappa shape index (κ1) is 16.1. The van der Waals surface area contributed by atoms with E-state index < -0.39 is 10.0 Å². The maximum absolute atomic E-state index is 12.3. The van der Waals surface area contributed by atoms with E-state index in [0.29, 0.717) is 6.42 Å². The molecule has 1 aliphatic heterocycles. The number of hydrogen-bond acceptors (Lipinski definition) is 4. The van der Waals surface area contributed by atoms with Crippen LogP contribution in [0.5, 0.6) is 0 Å². The number of esters is 1. The van der Waals surface area contributed by atoms with Gasteiger partial charge in [-0.3, -0.25) is 9.10 Å². The number of ether oxygens (including phenoxy) is 1. The van der Waals surface area contributed by atoms with Gasteiger partial charge in [0.25, 0.3) is 0 Å². The topological polar surface area (TPSA) is 63.7 Å². The summed E-state index contributed by atoms with van der Waals surface area (Å²) in [5.41, 5.74) is 1.71. The van der Waals surface area contributed by atoms with E-state index in [-0.39, 0.29) is 29.8 Å². The van der Waals surface area contributed by atoms with Gasteiger partial charge in [-0.15, -0.1) is 0 Å². The zero-order valence-corrected chi connectivity index (χ0v) is 14.3. The summed E-state index contributed by atoms with van der Waals surface area (Å²) in [5, 5.41) is 0. The molecule has 5 nitrogen and oxygen atoms in total. The third kappa shape index (κ3) is 2.45. The van der Waals surface area contributed by atoms with Crippen LogP contribution in [0.25, 0.3) is 0 Å². The Labute approximate surface area is 137 Å². The van der Waals surface area contributed by atoms with E-state index >= 15 is 0 Å². The summed E-state index contributed by atoms with van der Waals surface area (Å²) < 4.78 is 31.0. The molecule has 0 saturated heterocycles. The molecule has 0 unspecified atom stereocenters. The fourth-order valence-corrected chi connectivity index (χ4v) is 5.15. The normalized spacial score (nSPS) is 26.7. The first-order valence-electron chi connectivity index (χ1n) is 7.74. The molecule has 3 rings (SSSR count). The first-order chi connectivity index (χ1) is 10.9. The monoisotopic (exact) mass is 335 g/mol. The van der Waals surface area contributed by atoms with Crippen LogP contribution in [0.2, 0.25) is 0 Å². The molecule has 6 heteroatoms. The number of rotatable bonds is 4. The van der Waals surface area contributed by atoms with Gasteiger partial charge in [0.1, 0.15) is 0 Å². The molecule has 0 aromatic heterocycles. The number of hydrogen-bond donors (Lipinski definition) is 0. The largest absolute Gasteiger partial charge is 0.469 e. The number of carbonyl (C=O) groups is 1. The van der Waals surface area contributed by atoms with Crippen molar-refractivity contribution in [3.8, 4) is 0 Å². The number of fused-ring (bicyclic) bond motifs is 3. The number of anilines is 1. The lowest BCUT2D eigenvalue weighted by molar-refractivity contribution is -0.147. The second-order valence-electron chi connectivity index (χ2n) is 6.13. The van der Waals surface area contributed by atoms with Crippen LogP contribution in [0.4, 0.5) is 5.69 Å². The molecule has 0 radical (unpaired) electrons. The van der Waals surface area contributed by atoms with E-state index in [9.17, 15) is 13.2 Å². The molecular formula is C17H21NO4S. The van der Waals surface area contributed by atoms with Crippen LogP contribution < -0.4 is 4.31 Å². The van der Waals surface area contributed by atoms with Crippen LogP contribution in [-0.2, 0) is 19.6 Å². The molecule has 1 heterocycles. The molecule has 0 fully saturated rings. The van der Waals surface area contributed by atoms with Crippen LogP contribution in [0.3, 0.4) is 0 Å². The van der Waals surface area contributed by atoms with Gasteiger partial charge in [0.05, 0.1) is 31.0 Å². The number of sulfonamides is 1. The molecule has 23 heavy (non-hydrogen) atoms. The third-order valence-electron chi connectivity index (χ3n) is 4.88. The number of benzene rings is 1. The van der Waals surface area contributed by atoms with E-state index in [2.05, 4.69) is 0 Å². The van der Waals surface area contributed by atoms with Gasteiger partial charge >= 0.3 is 5.97 Å². The second-order valence-corrected chi connectivity index (χ2v) is 7.99. The van der Waals surface area contributed by atoms with Crippen molar-refractivity contribution in [2.75, 3.05) is 17.7 Å². The Hall–Kier alpha value is -1.82. The Bertz CT molecular complexity index is 756. The predicted octanol–water partition coefficient (Wildman–Crippen LogP) is 2.30. The van der Waals surface area contributed by atoms with Gasteiger partial charge in [0.2, 0.25) is 10.0 Å². The lowest BCUT2D eigenvalue weighted by Crippen LogP contribution is -2.37. The van der Waals surface area contributed by atoms with Crippen LogP contribution >= 0.6 is 0 Å². The highest BCUT2D eigenvalue weighted by molar-refractivity contribution is 7.92. The fourth-order valence-electron chi connectivity index (χ4n) is 3.99. The zero-order chi connectivity index (χ0) is 16.8. The summed E-state index contributed by atoms with van der Waals surface area (Å²) in [4.78, 5) is 12.1. The highest BCUT2D eigenvalue weighted by atomic mass is 32.2. The van der Waals surface area contributed by atoms with Crippen molar-refractivity contribution < 1.29 is 17.9 Å². The summed E-state index contributed by atoms with van der Waals surface area (Å²) in [6.45, 7) is 1.96. The van der Waals surface area contributed by atoms with Gasteiger partial charge in [-0.1, -0.05) is 37.3 Å². The summed E-state index contributed by atoms with van der Waals surface area (Å²) in [6.07, 6.45) is 5.79. The van der Waals surface area contributed by atoms with Gasteiger partial charge in [-0.05, 0) is 24.0 Å². The minimum absolute atomic E-state index is 0.0371. The number of allylic oxidation sites excluding steroid dienone is 1. The van der Waals surface area contributed by atoms with Crippen molar-refractivity contribution in [2.45, 2.75) is 25.3 Å². The molecule has 1 aromatic rings. The molecule has 0 N–H and O–H groups in total. The summed E-state index contributed by atoms with van der Waals surface area (Å²) >= 11 is 0. The lowest BCUT2D eigenvalue weighted by atomic mass is 9.78. The first-order valence-corrected chi connectivity index (χ1v) is 9.59. The van der Waals surface area contributed by atoms with Gasteiger partial charge in [0.15, 0.2) is 0 Å². The Morgan fingerprint density at radius 2 is 2.00 bits per heavy atom. The van der Waals surface area contributed by atoms with E-state index in [0.717, 1.165) is 11.3 Å². The minimum Gasteiger partial charge on any atom is -0.469 e. The van der Waals surface area contributed by atoms with Crippen molar-refractivity contribution in [3.05, 3.63) is 42.0 Å². The second kappa shape index (κ2) is 5.67. The van der Waals surface area contributed by atoms with Crippen LogP contribution in [0.15, 0.2) is 36.4 Å². The molecule has 2 aliphatic rings. The van der Waals surface area contributed by atoms with Gasteiger partial charge in [-0.2, -0.15) is 0 Å². The van der Waals surface area contributed by atoms with E-state index in [1.807, 2.05) is 43.3 Å². The van der Waals surface area contributed by atoms with Crippen molar-refractivity contribution >= 4 is 21.7 Å². The summed E-state index contributed by atoms with van der Waals surface area (Å²) in [6, 6.07) is 7.29. The maximum atomic E-state index is 12.3. The molecule has 124 valence electrons. The number of para-hydroxylation sites is 1. The Kier molecular flexibility index (Phi) is 3.96. The number of carbonyl (C=O) groups excluding carboxylic acids is 1. The lowest BCUT2D eigenvalue weighted by Gasteiger charge is -2.27. The highest BCUT2D eigenvalue weighted by Gasteiger charge is 2.50. The molecule has 0 amide bonds. The Morgan fingerprint density at radius 1 is 1.30 bits per heavy atom. The van der Waals surface area contributed by atoms with Crippen LogP contribution in [0, 0.1) is 11.8 Å². The predicted molar refractivity (Wildman–Crippen MR) is 88.7 cm³/mol. The zero-order valence-electron chi connectivity index (χ0n) is 13.5. The molecule has 0 saturated carbocycles. The molecular weight excluding hydrogens is 314 g/mol. The van der Waals surface area contributed by atoms with Gasteiger partial charge in [-0.25, -0.2) is 8.42 Å².